The highest BCUT2D eigenvalue weighted by Gasteiger charge is 2.45. The van der Waals surface area contributed by atoms with Crippen molar-refractivity contribution in [2.45, 2.75) is 5.92 Å². The van der Waals surface area contributed by atoms with Gasteiger partial charge in [0, 0.05) is 11.5 Å². The van der Waals surface area contributed by atoms with Crippen molar-refractivity contribution in [1.29, 1.82) is 0 Å². The van der Waals surface area contributed by atoms with Crippen molar-refractivity contribution < 1.29 is 14.3 Å². The van der Waals surface area contributed by atoms with Crippen molar-refractivity contribution in [2.24, 2.45) is 5.92 Å². The van der Waals surface area contributed by atoms with E-state index in [2.05, 4.69) is 20.6 Å². The average molecular weight is 374 g/mol. The van der Waals surface area contributed by atoms with Crippen molar-refractivity contribution in [1.82, 2.24) is 20.6 Å². The van der Waals surface area contributed by atoms with Gasteiger partial charge < -0.3 is 20.4 Å². The van der Waals surface area contributed by atoms with Gasteiger partial charge in [0.1, 0.15) is 11.7 Å². The van der Waals surface area contributed by atoms with E-state index in [4.69, 9.17) is 29.2 Å². The number of thiocarbonyl (C=S) groups is 1. The van der Waals surface area contributed by atoms with Gasteiger partial charge in [0.25, 0.3) is 5.56 Å². The molecule has 1 atom stereocenters. The van der Waals surface area contributed by atoms with Crippen LogP contribution in [0, 0.1) is 10.7 Å². The number of hydrogen-bond donors (Lipinski definition) is 4. The van der Waals surface area contributed by atoms with Crippen LogP contribution in [0.25, 0.3) is 0 Å². The normalized spacial score (nSPS) is 19.4. The first-order valence-electron chi connectivity index (χ1n) is 7.24. The zero-order valence-corrected chi connectivity index (χ0v) is 14.0. The monoisotopic (exact) mass is 374 g/mol. The Bertz CT molecular complexity index is 1040. The van der Waals surface area contributed by atoms with Gasteiger partial charge >= 0.3 is 0 Å². The molecule has 4 N–H and O–H groups in total. The quantitative estimate of drug-likeness (QED) is 0.434. The first-order valence-corrected chi connectivity index (χ1v) is 8.06. The summed E-state index contributed by atoms with van der Waals surface area (Å²) in [5.74, 6) is -2.64. The van der Waals surface area contributed by atoms with E-state index in [1.165, 1.54) is 0 Å². The second-order valence-corrected chi connectivity index (χ2v) is 6.37. The number of nitrogens with one attached hydrogen (secondary N) is 4. The third kappa shape index (κ3) is 2.46. The summed E-state index contributed by atoms with van der Waals surface area (Å²) < 4.78 is 5.80. The number of amides is 2. The third-order valence-corrected chi connectivity index (χ3v) is 4.50. The number of aromatic amines is 2. The van der Waals surface area contributed by atoms with Crippen LogP contribution >= 0.6 is 24.4 Å². The molecule has 2 aliphatic rings. The minimum absolute atomic E-state index is 0.0619. The van der Waals surface area contributed by atoms with E-state index in [-0.39, 0.29) is 21.3 Å². The van der Waals surface area contributed by atoms with Crippen molar-refractivity contribution >= 4 is 41.4 Å². The maximum atomic E-state index is 12.5. The van der Waals surface area contributed by atoms with E-state index in [1.807, 2.05) is 0 Å². The lowest BCUT2D eigenvalue weighted by Crippen LogP contribution is -2.57. The van der Waals surface area contributed by atoms with Gasteiger partial charge in [-0.3, -0.25) is 19.4 Å². The minimum Gasteiger partial charge on any atom is -0.440 e. The van der Waals surface area contributed by atoms with Crippen LogP contribution in [0.1, 0.15) is 17.0 Å². The van der Waals surface area contributed by atoms with Crippen LogP contribution in [0.4, 0.5) is 0 Å². The molecule has 2 aromatic rings. The number of carbonyl (C=O) groups is 2. The summed E-state index contributed by atoms with van der Waals surface area (Å²) >= 11 is 9.81. The molecule has 3 heterocycles. The van der Waals surface area contributed by atoms with E-state index >= 15 is 0 Å². The molecule has 1 saturated heterocycles. The molecule has 1 aromatic carbocycles. The number of fused-ring (bicyclic) bond motifs is 2. The zero-order valence-electron chi connectivity index (χ0n) is 12.4. The van der Waals surface area contributed by atoms with Gasteiger partial charge in [-0.25, -0.2) is 0 Å². The van der Waals surface area contributed by atoms with Crippen LogP contribution in [0.15, 0.2) is 29.1 Å². The smallest absolute Gasteiger partial charge is 0.259 e. The summed E-state index contributed by atoms with van der Waals surface area (Å²) in [6.45, 7) is 0. The molecule has 1 unspecified atom stereocenters. The molecule has 2 amide bonds. The summed E-state index contributed by atoms with van der Waals surface area (Å²) in [6, 6.07) is 6.88. The Labute approximate surface area is 150 Å². The van der Waals surface area contributed by atoms with E-state index in [0.717, 1.165) is 0 Å². The fourth-order valence-corrected chi connectivity index (χ4v) is 3.50. The van der Waals surface area contributed by atoms with E-state index in [9.17, 15) is 14.4 Å². The van der Waals surface area contributed by atoms with Crippen LogP contribution in [-0.2, 0) is 9.59 Å². The lowest BCUT2D eigenvalue weighted by molar-refractivity contribution is -0.135. The number of carbonyl (C=O) groups excluding carboxylic acids is 2. The van der Waals surface area contributed by atoms with E-state index in [0.29, 0.717) is 11.3 Å². The average Bonchev–Trinajstić information content (AvgIpc) is 2.52. The molecule has 0 bridgehead atoms. The van der Waals surface area contributed by atoms with Crippen LogP contribution in [-0.4, -0.2) is 26.9 Å². The zero-order chi connectivity index (χ0) is 17.7. The maximum absolute atomic E-state index is 12.5. The predicted octanol–water partition coefficient (Wildman–Crippen LogP) is 0.817. The number of rotatable bonds is 1. The molecule has 25 heavy (non-hydrogen) atoms. The molecule has 126 valence electrons. The van der Waals surface area contributed by atoms with Crippen LogP contribution in [0.3, 0.4) is 0 Å². The Morgan fingerprint density at radius 1 is 0.920 bits per heavy atom. The number of H-pyrrole nitrogens is 2. The van der Waals surface area contributed by atoms with E-state index in [1.54, 1.807) is 24.3 Å². The summed E-state index contributed by atoms with van der Waals surface area (Å²) in [5, 5.41) is 4.79. The Morgan fingerprint density at radius 3 is 2.32 bits per heavy atom. The van der Waals surface area contributed by atoms with Crippen LogP contribution in [0.5, 0.6) is 11.6 Å². The number of benzene rings is 1. The number of ether oxygens (including phenoxy) is 1. The summed E-state index contributed by atoms with van der Waals surface area (Å²) in [6.07, 6.45) is 0. The Balaban J connectivity index is 1.98. The molecule has 1 aromatic heterocycles. The summed E-state index contributed by atoms with van der Waals surface area (Å²) in [5.41, 5.74) is 0.163. The van der Waals surface area contributed by atoms with E-state index < -0.39 is 29.2 Å². The fourth-order valence-electron chi connectivity index (χ4n) is 3.11. The highest BCUT2D eigenvalue weighted by molar-refractivity contribution is 7.80. The Kier molecular flexibility index (Phi) is 3.51. The largest absolute Gasteiger partial charge is 0.440 e. The molecular formula is C15H10N4O4S2. The number of aromatic nitrogens is 2. The molecule has 8 nitrogen and oxygen atoms in total. The number of para-hydroxylation sites is 1. The van der Waals surface area contributed by atoms with Crippen molar-refractivity contribution in [3.05, 3.63) is 50.5 Å². The number of hydrogen-bond acceptors (Lipinski definition) is 6. The first-order chi connectivity index (χ1) is 12.0. The first kappa shape index (κ1) is 15.7. The second-order valence-electron chi connectivity index (χ2n) is 5.55. The van der Waals surface area contributed by atoms with Gasteiger partial charge in [-0.15, -0.1) is 0 Å². The topological polar surface area (TPSA) is 116 Å². The molecule has 0 spiro atoms. The maximum Gasteiger partial charge on any atom is 0.259 e. The molecular weight excluding hydrogens is 364 g/mol. The van der Waals surface area contributed by atoms with Crippen molar-refractivity contribution in [3.63, 3.8) is 0 Å². The fraction of sp³-hybridized carbons (Fsp3) is 0.133. The SMILES string of the molecule is O=C1NC(=S)NC(=O)C1C1c2ccccc2Oc2[nH]c(=S)[nH]c(=O)c21. The van der Waals surface area contributed by atoms with Gasteiger partial charge in [-0.2, -0.15) is 0 Å². The highest BCUT2D eigenvalue weighted by atomic mass is 32.1. The lowest BCUT2D eigenvalue weighted by atomic mass is 9.78. The standard InChI is InChI=1S/C15H10N4O4S2/c20-10-8(11(21)17-14(24)16-10)7-5-3-1-2-4-6(5)23-13-9(7)12(22)18-15(25)19-13/h1-4,7-8H,(H2,18,19,22,25)(H2,16,17,20,21,24). The molecule has 0 radical (unpaired) electrons. The second kappa shape index (κ2) is 5.60. The molecule has 4 rings (SSSR count). The summed E-state index contributed by atoms with van der Waals surface area (Å²) in [4.78, 5) is 42.7. The van der Waals surface area contributed by atoms with Gasteiger partial charge in [0.2, 0.25) is 17.7 Å². The van der Waals surface area contributed by atoms with Gasteiger partial charge in [-0.1, -0.05) is 18.2 Å². The van der Waals surface area contributed by atoms with Gasteiger partial charge in [-0.05, 0) is 30.5 Å². The molecule has 0 saturated carbocycles. The van der Waals surface area contributed by atoms with Gasteiger partial charge in [0.15, 0.2) is 9.88 Å². The molecule has 2 aliphatic heterocycles. The predicted molar refractivity (Wildman–Crippen MR) is 93.0 cm³/mol. The van der Waals surface area contributed by atoms with Crippen molar-refractivity contribution in [2.75, 3.05) is 0 Å². The van der Waals surface area contributed by atoms with Crippen LogP contribution in [0.2, 0.25) is 0 Å². The molecule has 1 fully saturated rings. The summed E-state index contributed by atoms with van der Waals surface area (Å²) in [7, 11) is 0. The minimum atomic E-state index is -1.18. The van der Waals surface area contributed by atoms with Crippen LogP contribution < -0.4 is 20.9 Å². The van der Waals surface area contributed by atoms with Gasteiger partial charge in [0.05, 0.1) is 5.56 Å². The highest BCUT2D eigenvalue weighted by Crippen LogP contribution is 2.45. The van der Waals surface area contributed by atoms with Crippen molar-refractivity contribution in [3.8, 4) is 11.6 Å². The molecule has 10 heteroatoms. The Morgan fingerprint density at radius 2 is 1.60 bits per heavy atom. The molecule has 0 aliphatic carbocycles. The third-order valence-electron chi connectivity index (χ3n) is 4.09. The Hall–Kier alpha value is -2.85. The lowest BCUT2D eigenvalue weighted by Gasteiger charge is -2.33.